The van der Waals surface area contributed by atoms with E-state index in [1.54, 1.807) is 7.11 Å². The summed E-state index contributed by atoms with van der Waals surface area (Å²) in [5, 5.41) is 1.15. The second-order valence-corrected chi connectivity index (χ2v) is 4.60. The van der Waals surface area contributed by atoms with E-state index >= 15 is 0 Å². The predicted octanol–water partition coefficient (Wildman–Crippen LogP) is 2.72. The van der Waals surface area contributed by atoms with Crippen LogP contribution in [0.5, 0.6) is 5.75 Å². The van der Waals surface area contributed by atoms with Gasteiger partial charge in [-0.15, -0.1) is 0 Å². The number of benzene rings is 1. The zero-order valence-electron chi connectivity index (χ0n) is 9.67. The van der Waals surface area contributed by atoms with Crippen molar-refractivity contribution in [3.8, 4) is 5.75 Å². The largest absolute Gasteiger partial charge is 0.496 e. The molecule has 1 heterocycles. The number of aromatic nitrogens is 1. The Balaban J connectivity index is 2.91. The Morgan fingerprint density at radius 3 is 2.69 bits per heavy atom. The minimum absolute atomic E-state index is 0.537. The van der Waals surface area contributed by atoms with Crippen molar-refractivity contribution < 1.29 is 4.74 Å². The number of fused-ring (bicyclic) bond motifs is 1. The number of methoxy groups -OCH3 is 1. The fourth-order valence-corrected chi connectivity index (χ4v) is 2.82. The summed E-state index contributed by atoms with van der Waals surface area (Å²) in [6.07, 6.45) is 0. The van der Waals surface area contributed by atoms with E-state index < -0.39 is 0 Å². The van der Waals surface area contributed by atoms with Crippen LogP contribution in [0.3, 0.4) is 0 Å². The van der Waals surface area contributed by atoms with Gasteiger partial charge in [-0.2, -0.15) is 0 Å². The van der Waals surface area contributed by atoms with Crippen molar-refractivity contribution >= 4 is 26.8 Å². The molecule has 1 aromatic heterocycles. The molecular formula is C12H15BrN2O. The van der Waals surface area contributed by atoms with Gasteiger partial charge in [0.1, 0.15) is 5.75 Å². The zero-order valence-corrected chi connectivity index (χ0v) is 11.3. The van der Waals surface area contributed by atoms with Gasteiger partial charge >= 0.3 is 0 Å². The number of ether oxygens (including phenoxy) is 1. The number of halogens is 1. The summed E-state index contributed by atoms with van der Waals surface area (Å²) in [7, 11) is 3.72. The average molecular weight is 283 g/mol. The lowest BCUT2D eigenvalue weighted by Gasteiger charge is -2.05. The number of hydrogen-bond donors (Lipinski definition) is 1. The van der Waals surface area contributed by atoms with Crippen LogP contribution in [0.15, 0.2) is 16.6 Å². The first kappa shape index (κ1) is 11.5. The number of nitrogens with two attached hydrogens (primary N) is 1. The van der Waals surface area contributed by atoms with Crippen molar-refractivity contribution in [1.82, 2.24) is 4.57 Å². The Morgan fingerprint density at radius 2 is 2.12 bits per heavy atom. The molecule has 0 saturated heterocycles. The van der Waals surface area contributed by atoms with Crippen LogP contribution >= 0.6 is 15.9 Å². The number of nitrogens with zero attached hydrogens (tertiary/aromatic N) is 1. The van der Waals surface area contributed by atoms with Gasteiger partial charge in [-0.1, -0.05) is 0 Å². The molecule has 1 aromatic carbocycles. The van der Waals surface area contributed by atoms with Crippen molar-refractivity contribution in [3.63, 3.8) is 0 Å². The molecule has 0 fully saturated rings. The molecule has 86 valence electrons. The topological polar surface area (TPSA) is 40.2 Å². The van der Waals surface area contributed by atoms with Crippen molar-refractivity contribution in [1.29, 1.82) is 0 Å². The summed E-state index contributed by atoms with van der Waals surface area (Å²) in [6.45, 7) is 2.62. The Kier molecular flexibility index (Phi) is 2.95. The fourth-order valence-electron chi connectivity index (χ4n) is 2.08. The normalized spacial score (nSPS) is 11.1. The van der Waals surface area contributed by atoms with E-state index in [2.05, 4.69) is 40.5 Å². The van der Waals surface area contributed by atoms with Crippen LogP contribution in [-0.2, 0) is 13.6 Å². The number of hydrogen-bond acceptors (Lipinski definition) is 2. The minimum Gasteiger partial charge on any atom is -0.496 e. The van der Waals surface area contributed by atoms with E-state index in [1.165, 1.54) is 16.8 Å². The highest BCUT2D eigenvalue weighted by Crippen LogP contribution is 2.37. The lowest BCUT2D eigenvalue weighted by Crippen LogP contribution is -1.99. The molecule has 2 aromatic rings. The van der Waals surface area contributed by atoms with Crippen LogP contribution in [0, 0.1) is 6.92 Å². The fraction of sp³-hybridized carbons (Fsp3) is 0.333. The molecule has 0 spiro atoms. The molecular weight excluding hydrogens is 268 g/mol. The van der Waals surface area contributed by atoms with Gasteiger partial charge in [-0.25, -0.2) is 0 Å². The first-order valence-electron chi connectivity index (χ1n) is 5.12. The Hall–Kier alpha value is -1.00. The zero-order chi connectivity index (χ0) is 11.9. The number of aryl methyl sites for hydroxylation is 1. The molecule has 2 rings (SSSR count). The van der Waals surface area contributed by atoms with Gasteiger partial charge in [-0.3, -0.25) is 0 Å². The standard InChI is InChI=1S/C12H15BrN2O/c1-7-8(6-14)11-9(15(7)2)4-5-10(16-3)12(11)13/h4-5H,6,14H2,1-3H3. The van der Waals surface area contributed by atoms with Crippen LogP contribution in [0.1, 0.15) is 11.3 Å². The third kappa shape index (κ3) is 1.44. The van der Waals surface area contributed by atoms with E-state index in [9.17, 15) is 0 Å². The third-order valence-corrected chi connectivity index (χ3v) is 3.90. The van der Waals surface area contributed by atoms with E-state index in [-0.39, 0.29) is 0 Å². The van der Waals surface area contributed by atoms with Gasteiger partial charge in [0.2, 0.25) is 0 Å². The molecule has 2 N–H and O–H groups in total. The third-order valence-electron chi connectivity index (χ3n) is 3.11. The predicted molar refractivity (Wildman–Crippen MR) is 69.8 cm³/mol. The Morgan fingerprint density at radius 1 is 1.44 bits per heavy atom. The van der Waals surface area contributed by atoms with E-state index in [1.807, 2.05) is 6.07 Å². The quantitative estimate of drug-likeness (QED) is 0.920. The van der Waals surface area contributed by atoms with Crippen LogP contribution < -0.4 is 10.5 Å². The van der Waals surface area contributed by atoms with Gasteiger partial charge in [0, 0.05) is 30.2 Å². The molecule has 0 bridgehead atoms. The maximum absolute atomic E-state index is 5.82. The average Bonchev–Trinajstić information content (AvgIpc) is 2.54. The maximum Gasteiger partial charge on any atom is 0.133 e. The lowest BCUT2D eigenvalue weighted by molar-refractivity contribution is 0.413. The van der Waals surface area contributed by atoms with Crippen molar-refractivity contribution in [2.24, 2.45) is 12.8 Å². The highest BCUT2D eigenvalue weighted by molar-refractivity contribution is 9.10. The van der Waals surface area contributed by atoms with Gasteiger partial charge in [-0.05, 0) is 40.5 Å². The Bertz CT molecular complexity index is 546. The summed E-state index contributed by atoms with van der Waals surface area (Å²) in [5.41, 5.74) is 9.36. The van der Waals surface area contributed by atoms with E-state index in [0.717, 1.165) is 15.6 Å². The molecule has 0 aliphatic rings. The molecule has 3 nitrogen and oxygen atoms in total. The van der Waals surface area contributed by atoms with Crippen molar-refractivity contribution in [3.05, 3.63) is 27.9 Å². The van der Waals surface area contributed by atoms with Crippen molar-refractivity contribution in [2.75, 3.05) is 7.11 Å². The Labute approximate surface area is 103 Å². The second kappa shape index (κ2) is 4.11. The summed E-state index contributed by atoms with van der Waals surface area (Å²) in [5.74, 6) is 0.841. The van der Waals surface area contributed by atoms with Gasteiger partial charge < -0.3 is 15.0 Å². The smallest absolute Gasteiger partial charge is 0.133 e. The van der Waals surface area contributed by atoms with E-state index in [0.29, 0.717) is 6.54 Å². The van der Waals surface area contributed by atoms with Crippen LogP contribution in [0.2, 0.25) is 0 Å². The minimum atomic E-state index is 0.537. The van der Waals surface area contributed by atoms with Crippen LogP contribution in [-0.4, -0.2) is 11.7 Å². The second-order valence-electron chi connectivity index (χ2n) is 3.80. The van der Waals surface area contributed by atoms with Gasteiger partial charge in [0.05, 0.1) is 11.6 Å². The number of rotatable bonds is 2. The molecule has 0 unspecified atom stereocenters. The molecule has 0 aliphatic carbocycles. The molecule has 16 heavy (non-hydrogen) atoms. The molecule has 0 aliphatic heterocycles. The lowest BCUT2D eigenvalue weighted by atomic mass is 10.1. The summed E-state index contributed by atoms with van der Waals surface area (Å²) in [6, 6.07) is 4.03. The summed E-state index contributed by atoms with van der Waals surface area (Å²) >= 11 is 3.59. The molecule has 0 amide bonds. The van der Waals surface area contributed by atoms with Gasteiger partial charge in [0.15, 0.2) is 0 Å². The summed E-state index contributed by atoms with van der Waals surface area (Å²) < 4.78 is 8.44. The monoisotopic (exact) mass is 282 g/mol. The first-order valence-corrected chi connectivity index (χ1v) is 5.91. The highest BCUT2D eigenvalue weighted by atomic mass is 79.9. The molecule has 0 radical (unpaired) electrons. The van der Waals surface area contributed by atoms with Crippen molar-refractivity contribution in [2.45, 2.75) is 13.5 Å². The van der Waals surface area contributed by atoms with Crippen LogP contribution in [0.25, 0.3) is 10.9 Å². The van der Waals surface area contributed by atoms with E-state index in [4.69, 9.17) is 10.5 Å². The molecule has 4 heteroatoms. The maximum atomic E-state index is 5.82. The molecule has 0 atom stereocenters. The first-order chi connectivity index (χ1) is 7.61. The van der Waals surface area contributed by atoms with Crippen LogP contribution in [0.4, 0.5) is 0 Å². The summed E-state index contributed by atoms with van der Waals surface area (Å²) in [4.78, 5) is 0. The van der Waals surface area contributed by atoms with Gasteiger partial charge in [0.25, 0.3) is 0 Å². The SMILES string of the molecule is COc1ccc2c(c1Br)c(CN)c(C)n2C. The molecule has 0 saturated carbocycles. The highest BCUT2D eigenvalue weighted by Gasteiger charge is 2.15.